The molecular formula is C20H19F2N3O5. The molecule has 30 heavy (non-hydrogen) atoms. The van der Waals surface area contributed by atoms with Gasteiger partial charge < -0.3 is 20.3 Å². The van der Waals surface area contributed by atoms with E-state index in [4.69, 9.17) is 4.74 Å². The molecule has 2 aromatic rings. The SMILES string of the molecule is CN(C)C(=O)c1ccc(NC(=O)COC(=O)CNC(=O)c2ccc(F)cc2F)cc1. The number of halogens is 2. The fraction of sp³-hybridized carbons (Fsp3) is 0.200. The van der Waals surface area contributed by atoms with E-state index in [0.717, 1.165) is 12.1 Å². The summed E-state index contributed by atoms with van der Waals surface area (Å²) in [4.78, 5) is 48.5. The summed E-state index contributed by atoms with van der Waals surface area (Å²) in [7, 11) is 3.23. The molecule has 2 N–H and O–H groups in total. The molecule has 8 nitrogen and oxygen atoms in total. The first kappa shape index (κ1) is 22.5. The van der Waals surface area contributed by atoms with E-state index >= 15 is 0 Å². The third-order valence-electron chi connectivity index (χ3n) is 3.76. The van der Waals surface area contributed by atoms with Crippen molar-refractivity contribution in [3.63, 3.8) is 0 Å². The Kier molecular flexibility index (Phi) is 7.56. The largest absolute Gasteiger partial charge is 0.454 e. The number of hydrogen-bond acceptors (Lipinski definition) is 5. The van der Waals surface area contributed by atoms with Crippen molar-refractivity contribution in [2.75, 3.05) is 32.6 Å². The van der Waals surface area contributed by atoms with E-state index in [2.05, 4.69) is 10.6 Å². The van der Waals surface area contributed by atoms with Crippen LogP contribution in [0.15, 0.2) is 42.5 Å². The third kappa shape index (κ3) is 6.36. The molecule has 0 radical (unpaired) electrons. The lowest BCUT2D eigenvalue weighted by atomic mass is 10.2. The zero-order chi connectivity index (χ0) is 22.3. The van der Waals surface area contributed by atoms with Crippen LogP contribution in [0, 0.1) is 11.6 Å². The van der Waals surface area contributed by atoms with Gasteiger partial charge in [0.2, 0.25) is 0 Å². The molecule has 0 aliphatic heterocycles. The summed E-state index contributed by atoms with van der Waals surface area (Å²) >= 11 is 0. The van der Waals surface area contributed by atoms with E-state index in [1.165, 1.54) is 29.2 Å². The number of anilines is 1. The zero-order valence-electron chi connectivity index (χ0n) is 16.2. The predicted octanol–water partition coefficient (Wildman–Crippen LogP) is 1.58. The summed E-state index contributed by atoms with van der Waals surface area (Å²) in [6, 6.07) is 8.50. The molecule has 0 fully saturated rings. The van der Waals surface area contributed by atoms with Crippen molar-refractivity contribution in [2.24, 2.45) is 0 Å². The van der Waals surface area contributed by atoms with Crippen LogP contribution in [0.3, 0.4) is 0 Å². The van der Waals surface area contributed by atoms with Gasteiger partial charge in [-0.15, -0.1) is 0 Å². The number of nitrogens with zero attached hydrogens (tertiary/aromatic N) is 1. The van der Waals surface area contributed by atoms with Gasteiger partial charge in [-0.3, -0.25) is 19.2 Å². The Morgan fingerprint density at radius 3 is 2.27 bits per heavy atom. The van der Waals surface area contributed by atoms with Gasteiger partial charge in [-0.2, -0.15) is 0 Å². The monoisotopic (exact) mass is 419 g/mol. The molecule has 0 heterocycles. The lowest BCUT2D eigenvalue weighted by molar-refractivity contribution is -0.146. The molecule has 0 unspecified atom stereocenters. The van der Waals surface area contributed by atoms with Crippen LogP contribution < -0.4 is 10.6 Å². The second-order valence-electron chi connectivity index (χ2n) is 6.29. The molecule has 0 bridgehead atoms. The molecule has 2 aromatic carbocycles. The predicted molar refractivity (Wildman–Crippen MR) is 103 cm³/mol. The van der Waals surface area contributed by atoms with E-state index in [9.17, 15) is 28.0 Å². The van der Waals surface area contributed by atoms with Crippen molar-refractivity contribution in [2.45, 2.75) is 0 Å². The molecule has 0 aromatic heterocycles. The number of benzene rings is 2. The third-order valence-corrected chi connectivity index (χ3v) is 3.76. The fourth-order valence-corrected chi connectivity index (χ4v) is 2.27. The number of ether oxygens (including phenoxy) is 1. The van der Waals surface area contributed by atoms with Gasteiger partial charge in [0.1, 0.15) is 18.2 Å². The number of esters is 1. The lowest BCUT2D eigenvalue weighted by Crippen LogP contribution is -2.32. The van der Waals surface area contributed by atoms with Crippen molar-refractivity contribution in [3.05, 3.63) is 65.2 Å². The van der Waals surface area contributed by atoms with Crippen LogP contribution in [-0.4, -0.2) is 55.8 Å². The Balaban J connectivity index is 1.77. The number of carbonyl (C=O) groups is 4. The average Bonchev–Trinajstić information content (AvgIpc) is 2.70. The van der Waals surface area contributed by atoms with Crippen LogP contribution >= 0.6 is 0 Å². The summed E-state index contributed by atoms with van der Waals surface area (Å²) in [5.74, 6) is -4.59. The number of carbonyl (C=O) groups excluding carboxylic acids is 4. The highest BCUT2D eigenvalue weighted by molar-refractivity contribution is 5.97. The molecule has 0 aliphatic carbocycles. The molecule has 0 aliphatic rings. The lowest BCUT2D eigenvalue weighted by Gasteiger charge is -2.11. The summed E-state index contributed by atoms with van der Waals surface area (Å²) in [5.41, 5.74) is 0.405. The smallest absolute Gasteiger partial charge is 0.325 e. The summed E-state index contributed by atoms with van der Waals surface area (Å²) in [5, 5.41) is 4.60. The summed E-state index contributed by atoms with van der Waals surface area (Å²) < 4.78 is 31.1. The first-order valence-electron chi connectivity index (χ1n) is 8.68. The fourth-order valence-electron chi connectivity index (χ4n) is 2.27. The van der Waals surface area contributed by atoms with Gasteiger partial charge in [0.25, 0.3) is 17.7 Å². The average molecular weight is 419 g/mol. The maximum atomic E-state index is 13.5. The highest BCUT2D eigenvalue weighted by Gasteiger charge is 2.15. The second kappa shape index (κ2) is 10.1. The molecule has 0 saturated carbocycles. The normalized spacial score (nSPS) is 10.1. The van der Waals surface area contributed by atoms with Crippen LogP contribution in [0.2, 0.25) is 0 Å². The Morgan fingerprint density at radius 2 is 1.67 bits per heavy atom. The summed E-state index contributed by atoms with van der Waals surface area (Å²) in [6.07, 6.45) is 0. The Bertz CT molecular complexity index is 961. The molecule has 0 atom stereocenters. The molecule has 3 amide bonds. The quantitative estimate of drug-likeness (QED) is 0.663. The number of amides is 3. The molecule has 2 rings (SSSR count). The van der Waals surface area contributed by atoms with Crippen LogP contribution in [0.25, 0.3) is 0 Å². The maximum Gasteiger partial charge on any atom is 0.325 e. The molecule has 158 valence electrons. The highest BCUT2D eigenvalue weighted by atomic mass is 19.1. The van der Waals surface area contributed by atoms with Gasteiger partial charge in [-0.05, 0) is 36.4 Å². The molecular weight excluding hydrogens is 400 g/mol. The number of nitrogens with one attached hydrogen (secondary N) is 2. The van der Waals surface area contributed by atoms with Crippen molar-refractivity contribution in [1.29, 1.82) is 0 Å². The van der Waals surface area contributed by atoms with Crippen LogP contribution in [0.4, 0.5) is 14.5 Å². The van der Waals surface area contributed by atoms with Crippen molar-refractivity contribution in [1.82, 2.24) is 10.2 Å². The van der Waals surface area contributed by atoms with E-state index in [1.54, 1.807) is 14.1 Å². The number of hydrogen-bond donors (Lipinski definition) is 2. The van der Waals surface area contributed by atoms with E-state index in [-0.39, 0.29) is 5.91 Å². The Labute approximate surface area is 170 Å². The van der Waals surface area contributed by atoms with Crippen molar-refractivity contribution < 1.29 is 32.7 Å². The topological polar surface area (TPSA) is 105 Å². The van der Waals surface area contributed by atoms with Gasteiger partial charge in [-0.25, -0.2) is 8.78 Å². The van der Waals surface area contributed by atoms with E-state index < -0.39 is 48.1 Å². The minimum Gasteiger partial charge on any atom is -0.454 e. The van der Waals surface area contributed by atoms with E-state index in [0.29, 0.717) is 17.3 Å². The summed E-state index contributed by atoms with van der Waals surface area (Å²) in [6.45, 7) is -1.22. The van der Waals surface area contributed by atoms with Gasteiger partial charge in [-0.1, -0.05) is 0 Å². The van der Waals surface area contributed by atoms with Crippen molar-refractivity contribution in [3.8, 4) is 0 Å². The maximum absolute atomic E-state index is 13.5. The van der Waals surface area contributed by atoms with Crippen LogP contribution in [-0.2, 0) is 14.3 Å². The van der Waals surface area contributed by atoms with Gasteiger partial charge in [0.15, 0.2) is 6.61 Å². The first-order valence-corrected chi connectivity index (χ1v) is 8.68. The molecule has 0 saturated heterocycles. The van der Waals surface area contributed by atoms with Gasteiger partial charge >= 0.3 is 5.97 Å². The minimum atomic E-state index is -1.07. The minimum absolute atomic E-state index is 0.190. The Hall–Kier alpha value is -3.82. The standard InChI is InChI=1S/C20H19F2N3O5/c1-25(2)20(29)12-3-6-14(7-4-12)24-17(26)11-30-18(27)10-23-19(28)15-8-5-13(21)9-16(15)22/h3-9H,10-11H2,1-2H3,(H,23,28)(H,24,26). The number of rotatable bonds is 7. The van der Waals surface area contributed by atoms with Gasteiger partial charge in [0, 0.05) is 31.4 Å². The molecule has 10 heteroatoms. The van der Waals surface area contributed by atoms with E-state index in [1.807, 2.05) is 0 Å². The highest BCUT2D eigenvalue weighted by Crippen LogP contribution is 2.11. The van der Waals surface area contributed by atoms with Gasteiger partial charge in [0.05, 0.1) is 5.56 Å². The molecule has 0 spiro atoms. The van der Waals surface area contributed by atoms with Crippen LogP contribution in [0.1, 0.15) is 20.7 Å². The zero-order valence-corrected chi connectivity index (χ0v) is 16.2. The second-order valence-corrected chi connectivity index (χ2v) is 6.29. The first-order chi connectivity index (χ1) is 14.2. The van der Waals surface area contributed by atoms with Crippen molar-refractivity contribution >= 4 is 29.4 Å². The van der Waals surface area contributed by atoms with Crippen LogP contribution in [0.5, 0.6) is 0 Å². The Morgan fingerprint density at radius 1 is 1.00 bits per heavy atom.